The van der Waals surface area contributed by atoms with Crippen LogP contribution in [-0.4, -0.2) is 21.1 Å². The Balaban J connectivity index is 1.60. The van der Waals surface area contributed by atoms with Crippen LogP contribution < -0.4 is 4.74 Å². The van der Waals surface area contributed by atoms with Crippen molar-refractivity contribution in [1.29, 1.82) is 0 Å². The molecular formula is C30H35N3O. The van der Waals surface area contributed by atoms with E-state index in [0.717, 1.165) is 50.6 Å². The van der Waals surface area contributed by atoms with Crippen LogP contribution in [0, 0.1) is 0 Å². The minimum Gasteiger partial charge on any atom is -0.494 e. The molecule has 0 aliphatic heterocycles. The molecule has 0 aliphatic rings. The van der Waals surface area contributed by atoms with Crippen LogP contribution in [0.3, 0.4) is 0 Å². The third-order valence-corrected chi connectivity index (χ3v) is 5.98. The Morgan fingerprint density at radius 3 is 2.06 bits per heavy atom. The monoisotopic (exact) mass is 453 g/mol. The van der Waals surface area contributed by atoms with Gasteiger partial charge in [0.2, 0.25) is 0 Å². The van der Waals surface area contributed by atoms with Gasteiger partial charge in [-0.15, -0.1) is 0 Å². The van der Waals surface area contributed by atoms with E-state index in [9.17, 15) is 0 Å². The normalized spacial score (nSPS) is 11.1. The van der Waals surface area contributed by atoms with Crippen molar-refractivity contribution in [2.24, 2.45) is 0 Å². The third kappa shape index (κ3) is 6.36. The average Bonchev–Trinajstić information content (AvgIpc) is 3.27. The molecule has 3 aromatic carbocycles. The lowest BCUT2D eigenvalue weighted by Crippen LogP contribution is -2.24. The number of rotatable bonds is 12. The van der Waals surface area contributed by atoms with Gasteiger partial charge in [-0.05, 0) is 36.6 Å². The van der Waals surface area contributed by atoms with Gasteiger partial charge >= 0.3 is 0 Å². The van der Waals surface area contributed by atoms with Gasteiger partial charge in [0.25, 0.3) is 0 Å². The molecule has 0 N–H and O–H groups in total. The number of hydrogen-bond acceptors (Lipinski definition) is 3. The first-order valence-corrected chi connectivity index (χ1v) is 12.3. The van der Waals surface area contributed by atoms with Crippen LogP contribution >= 0.6 is 0 Å². The van der Waals surface area contributed by atoms with Gasteiger partial charge in [-0.3, -0.25) is 4.90 Å². The molecule has 4 rings (SSSR count). The van der Waals surface area contributed by atoms with Crippen LogP contribution in [0.15, 0.2) is 91.1 Å². The molecule has 4 heteroatoms. The van der Waals surface area contributed by atoms with Crippen molar-refractivity contribution in [2.75, 3.05) is 6.61 Å². The summed E-state index contributed by atoms with van der Waals surface area (Å²) in [6.07, 6.45) is 4.36. The molecule has 0 aliphatic carbocycles. The summed E-state index contributed by atoms with van der Waals surface area (Å²) in [6.45, 7) is 8.51. The van der Waals surface area contributed by atoms with Crippen LogP contribution in [0.5, 0.6) is 5.75 Å². The van der Waals surface area contributed by atoms with Gasteiger partial charge < -0.3 is 9.30 Å². The maximum Gasteiger partial charge on any atom is 0.140 e. The highest BCUT2D eigenvalue weighted by Gasteiger charge is 2.16. The second kappa shape index (κ2) is 12.2. The van der Waals surface area contributed by atoms with E-state index in [1.54, 1.807) is 0 Å². The summed E-state index contributed by atoms with van der Waals surface area (Å²) in [7, 11) is 0. The fourth-order valence-electron chi connectivity index (χ4n) is 4.27. The summed E-state index contributed by atoms with van der Waals surface area (Å²) in [5, 5.41) is 0. The number of nitrogens with zero attached hydrogens (tertiary/aromatic N) is 3. The van der Waals surface area contributed by atoms with Crippen LogP contribution in [0.25, 0.3) is 11.4 Å². The zero-order chi connectivity index (χ0) is 23.6. The van der Waals surface area contributed by atoms with E-state index in [0.29, 0.717) is 6.61 Å². The second-order valence-electron chi connectivity index (χ2n) is 8.65. The molecule has 4 aromatic rings. The van der Waals surface area contributed by atoms with Crippen molar-refractivity contribution in [3.05, 3.63) is 108 Å². The molecule has 34 heavy (non-hydrogen) atoms. The molecule has 1 aromatic heterocycles. The first kappa shape index (κ1) is 23.8. The van der Waals surface area contributed by atoms with Crippen molar-refractivity contribution in [3.63, 3.8) is 0 Å². The number of aromatic nitrogens is 2. The lowest BCUT2D eigenvalue weighted by atomic mass is 10.1. The van der Waals surface area contributed by atoms with E-state index in [2.05, 4.69) is 108 Å². The molecule has 0 radical (unpaired) electrons. The molecule has 0 saturated heterocycles. The smallest absolute Gasteiger partial charge is 0.140 e. The largest absolute Gasteiger partial charge is 0.494 e. The van der Waals surface area contributed by atoms with Crippen molar-refractivity contribution in [3.8, 4) is 17.1 Å². The summed E-state index contributed by atoms with van der Waals surface area (Å²) in [4.78, 5) is 7.36. The maximum absolute atomic E-state index is 5.63. The van der Waals surface area contributed by atoms with Gasteiger partial charge in [0.05, 0.1) is 18.5 Å². The third-order valence-electron chi connectivity index (χ3n) is 5.98. The number of imidazole rings is 1. The first-order valence-electron chi connectivity index (χ1n) is 12.3. The molecule has 0 amide bonds. The summed E-state index contributed by atoms with van der Waals surface area (Å²) >= 11 is 0. The Hall–Kier alpha value is -3.37. The van der Waals surface area contributed by atoms with Crippen LogP contribution in [0.2, 0.25) is 0 Å². The van der Waals surface area contributed by atoms with E-state index in [1.807, 2.05) is 6.92 Å². The topological polar surface area (TPSA) is 30.3 Å². The van der Waals surface area contributed by atoms with Crippen molar-refractivity contribution in [2.45, 2.75) is 52.9 Å². The molecule has 0 unspecified atom stereocenters. The van der Waals surface area contributed by atoms with Gasteiger partial charge in [0.15, 0.2) is 0 Å². The van der Waals surface area contributed by atoms with Gasteiger partial charge in [0.1, 0.15) is 11.6 Å². The lowest BCUT2D eigenvalue weighted by Gasteiger charge is -2.24. The Kier molecular flexibility index (Phi) is 8.53. The standard InChI is InChI=1S/C30H35N3O/c1-3-5-20-33-28(21-31-30(33)27-14-10-7-11-15-27)24-32(22-25-12-8-6-9-13-25)23-26-16-18-29(19-17-26)34-4-2/h6-19,21H,3-5,20,22-24H2,1-2H3. The molecule has 0 saturated carbocycles. The Morgan fingerprint density at radius 1 is 0.765 bits per heavy atom. The highest BCUT2D eigenvalue weighted by Crippen LogP contribution is 2.23. The predicted molar refractivity (Wildman–Crippen MR) is 140 cm³/mol. The predicted octanol–water partition coefficient (Wildman–Crippen LogP) is 6.95. The van der Waals surface area contributed by atoms with E-state index in [-0.39, 0.29) is 0 Å². The van der Waals surface area contributed by atoms with Gasteiger partial charge in [0, 0.05) is 31.7 Å². The van der Waals surface area contributed by atoms with Gasteiger partial charge in [-0.2, -0.15) is 0 Å². The van der Waals surface area contributed by atoms with Gasteiger partial charge in [-0.1, -0.05) is 86.1 Å². The highest BCUT2D eigenvalue weighted by atomic mass is 16.5. The summed E-state index contributed by atoms with van der Waals surface area (Å²) in [5.74, 6) is 1.98. The summed E-state index contributed by atoms with van der Waals surface area (Å²) in [5.41, 5.74) is 5.03. The van der Waals surface area contributed by atoms with E-state index in [4.69, 9.17) is 9.72 Å². The molecule has 0 atom stereocenters. The maximum atomic E-state index is 5.63. The first-order chi connectivity index (χ1) is 16.8. The molecule has 4 nitrogen and oxygen atoms in total. The number of unbranched alkanes of at least 4 members (excludes halogenated alkanes) is 1. The van der Waals surface area contributed by atoms with Gasteiger partial charge in [-0.25, -0.2) is 4.98 Å². The molecule has 0 spiro atoms. The van der Waals surface area contributed by atoms with Crippen LogP contribution in [0.4, 0.5) is 0 Å². The summed E-state index contributed by atoms with van der Waals surface area (Å²) in [6, 6.07) is 29.7. The molecular weight excluding hydrogens is 418 g/mol. The van der Waals surface area contributed by atoms with Crippen LogP contribution in [-0.2, 0) is 26.2 Å². The minimum absolute atomic E-state index is 0.685. The van der Waals surface area contributed by atoms with E-state index < -0.39 is 0 Å². The molecule has 1 heterocycles. The number of hydrogen-bond donors (Lipinski definition) is 0. The van der Waals surface area contributed by atoms with Crippen molar-refractivity contribution in [1.82, 2.24) is 14.5 Å². The molecule has 0 bridgehead atoms. The van der Waals surface area contributed by atoms with Crippen molar-refractivity contribution < 1.29 is 4.74 Å². The quantitative estimate of drug-likeness (QED) is 0.232. The number of ether oxygens (including phenoxy) is 1. The van der Waals surface area contributed by atoms with Crippen molar-refractivity contribution >= 4 is 0 Å². The highest BCUT2D eigenvalue weighted by molar-refractivity contribution is 5.55. The van der Waals surface area contributed by atoms with E-state index in [1.165, 1.54) is 22.4 Å². The Labute approximate surface area is 203 Å². The fourth-order valence-corrected chi connectivity index (χ4v) is 4.27. The zero-order valence-corrected chi connectivity index (χ0v) is 20.4. The molecule has 0 fully saturated rings. The fraction of sp³-hybridized carbons (Fsp3) is 0.300. The number of benzene rings is 3. The second-order valence-corrected chi connectivity index (χ2v) is 8.65. The minimum atomic E-state index is 0.685. The molecule has 176 valence electrons. The Bertz CT molecular complexity index is 1120. The summed E-state index contributed by atoms with van der Waals surface area (Å²) < 4.78 is 8.04. The lowest BCUT2D eigenvalue weighted by molar-refractivity contribution is 0.241. The zero-order valence-electron chi connectivity index (χ0n) is 20.4. The average molecular weight is 454 g/mol. The Morgan fingerprint density at radius 2 is 1.41 bits per heavy atom. The van der Waals surface area contributed by atoms with E-state index >= 15 is 0 Å². The van der Waals surface area contributed by atoms with Crippen LogP contribution in [0.1, 0.15) is 43.5 Å². The SMILES string of the molecule is CCCCn1c(CN(Cc2ccccc2)Cc2ccc(OCC)cc2)cnc1-c1ccccc1.